The fourth-order valence-corrected chi connectivity index (χ4v) is 3.64. The summed E-state index contributed by atoms with van der Waals surface area (Å²) in [7, 11) is 0. The van der Waals surface area contributed by atoms with Crippen molar-refractivity contribution in [3.05, 3.63) is 71.9 Å². The number of allylic oxidation sites excluding steroid dienone is 1. The molecule has 1 unspecified atom stereocenters. The Morgan fingerprint density at radius 3 is 2.41 bits per heavy atom. The lowest BCUT2D eigenvalue weighted by molar-refractivity contribution is -0.147. The SMILES string of the molecule is C=CC(CC(F)(F)F)(c1ccc(Cl)cc1)n1ncc2c(NC(=O)OC(C)(C)C)cccc21. The molecule has 9 heteroatoms. The van der Waals surface area contributed by atoms with Crippen LogP contribution < -0.4 is 5.32 Å². The van der Waals surface area contributed by atoms with Crippen molar-refractivity contribution in [3.63, 3.8) is 0 Å². The first-order valence-electron chi connectivity index (χ1n) is 9.78. The highest BCUT2D eigenvalue weighted by Gasteiger charge is 2.44. The highest BCUT2D eigenvalue weighted by atomic mass is 35.5. The van der Waals surface area contributed by atoms with Crippen LogP contribution in [0.1, 0.15) is 32.8 Å². The Bertz CT molecular complexity index is 1130. The van der Waals surface area contributed by atoms with Gasteiger partial charge in [0, 0.05) is 10.4 Å². The smallest absolute Gasteiger partial charge is 0.412 e. The van der Waals surface area contributed by atoms with Gasteiger partial charge in [0.15, 0.2) is 0 Å². The van der Waals surface area contributed by atoms with Crippen molar-refractivity contribution in [2.75, 3.05) is 5.32 Å². The van der Waals surface area contributed by atoms with Crippen molar-refractivity contribution in [3.8, 4) is 0 Å². The topological polar surface area (TPSA) is 56.2 Å². The Morgan fingerprint density at radius 1 is 1.19 bits per heavy atom. The molecule has 170 valence electrons. The van der Waals surface area contributed by atoms with Crippen molar-refractivity contribution in [1.29, 1.82) is 0 Å². The summed E-state index contributed by atoms with van der Waals surface area (Å²) in [5.41, 5.74) is -1.36. The van der Waals surface area contributed by atoms with Gasteiger partial charge in [0.1, 0.15) is 11.1 Å². The first-order valence-corrected chi connectivity index (χ1v) is 10.2. The van der Waals surface area contributed by atoms with Crippen molar-refractivity contribution >= 4 is 34.3 Å². The molecule has 2 aromatic carbocycles. The Morgan fingerprint density at radius 2 is 1.84 bits per heavy atom. The minimum Gasteiger partial charge on any atom is -0.444 e. The predicted octanol–water partition coefficient (Wildman–Crippen LogP) is 6.92. The van der Waals surface area contributed by atoms with Gasteiger partial charge in [-0.2, -0.15) is 18.3 Å². The van der Waals surface area contributed by atoms with E-state index in [9.17, 15) is 18.0 Å². The number of nitrogens with one attached hydrogen (secondary N) is 1. The van der Waals surface area contributed by atoms with Crippen LogP contribution in [-0.4, -0.2) is 27.7 Å². The standard InChI is InChI=1S/C23H23ClF3N3O2/c1-5-22(14-23(25,26)27,15-9-11-16(24)12-10-15)30-19-8-6-7-18(17(19)13-28-30)29-20(31)32-21(2,3)4/h5-13H,1,14H2,2-4H3,(H,29,31). The van der Waals surface area contributed by atoms with Crippen LogP contribution in [-0.2, 0) is 10.3 Å². The number of nitrogens with zero attached hydrogens (tertiary/aromatic N) is 2. The Balaban J connectivity index is 2.15. The summed E-state index contributed by atoms with van der Waals surface area (Å²) in [5.74, 6) is 0. The van der Waals surface area contributed by atoms with Gasteiger partial charge in [-0.15, -0.1) is 6.58 Å². The summed E-state index contributed by atoms with van der Waals surface area (Å²) in [6.45, 7) is 8.89. The molecule has 1 heterocycles. The average molecular weight is 466 g/mol. The van der Waals surface area contributed by atoms with Gasteiger partial charge in [0.25, 0.3) is 0 Å². The number of halogens is 4. The molecule has 0 spiro atoms. The molecule has 0 saturated carbocycles. The van der Waals surface area contributed by atoms with Crippen LogP contribution in [0.2, 0.25) is 5.02 Å². The highest BCUT2D eigenvalue weighted by Crippen LogP contribution is 2.41. The zero-order valence-electron chi connectivity index (χ0n) is 17.8. The predicted molar refractivity (Wildman–Crippen MR) is 119 cm³/mol. The maximum Gasteiger partial charge on any atom is 0.412 e. The number of aromatic nitrogens is 2. The number of alkyl halides is 3. The first-order chi connectivity index (χ1) is 14.8. The van der Waals surface area contributed by atoms with Gasteiger partial charge in [-0.1, -0.05) is 35.9 Å². The molecule has 1 atom stereocenters. The number of fused-ring (bicyclic) bond motifs is 1. The van der Waals surface area contributed by atoms with E-state index in [0.29, 0.717) is 27.2 Å². The average Bonchev–Trinajstić information content (AvgIpc) is 3.10. The Hall–Kier alpha value is -3.00. The van der Waals surface area contributed by atoms with Gasteiger partial charge in [-0.05, 0) is 50.6 Å². The van der Waals surface area contributed by atoms with Gasteiger partial charge in [0.05, 0.1) is 23.8 Å². The number of amides is 1. The maximum absolute atomic E-state index is 13.7. The molecule has 3 rings (SSSR count). The maximum atomic E-state index is 13.7. The summed E-state index contributed by atoms with van der Waals surface area (Å²) in [6, 6.07) is 11.0. The second-order valence-corrected chi connectivity index (χ2v) is 8.79. The van der Waals surface area contributed by atoms with Crippen molar-refractivity contribution in [1.82, 2.24) is 9.78 Å². The van der Waals surface area contributed by atoms with Crippen molar-refractivity contribution in [2.45, 2.75) is 44.5 Å². The molecular weight excluding hydrogens is 443 g/mol. The lowest BCUT2D eigenvalue weighted by Gasteiger charge is -2.33. The van der Waals surface area contributed by atoms with E-state index in [2.05, 4.69) is 17.0 Å². The molecule has 32 heavy (non-hydrogen) atoms. The number of benzene rings is 2. The van der Waals surface area contributed by atoms with E-state index in [1.165, 1.54) is 41.2 Å². The minimum absolute atomic E-state index is 0.324. The zero-order valence-corrected chi connectivity index (χ0v) is 18.6. The molecular formula is C23H23ClF3N3O2. The van der Waals surface area contributed by atoms with Gasteiger partial charge in [0.2, 0.25) is 0 Å². The normalized spacial score (nSPS) is 14.1. The fraction of sp³-hybridized carbons (Fsp3) is 0.304. The van der Waals surface area contributed by atoms with E-state index in [1.54, 1.807) is 39.0 Å². The van der Waals surface area contributed by atoms with Gasteiger partial charge < -0.3 is 4.74 Å². The molecule has 0 aliphatic carbocycles. The molecule has 0 radical (unpaired) electrons. The third-order valence-electron chi connectivity index (χ3n) is 4.78. The molecule has 0 aliphatic heterocycles. The molecule has 1 amide bonds. The molecule has 1 N–H and O–H groups in total. The molecule has 1 aromatic heterocycles. The second kappa shape index (κ2) is 8.50. The summed E-state index contributed by atoms with van der Waals surface area (Å²) in [6.07, 6.45) is -3.79. The van der Waals surface area contributed by atoms with Crippen molar-refractivity contribution < 1.29 is 22.7 Å². The number of hydrogen-bond donors (Lipinski definition) is 1. The quantitative estimate of drug-likeness (QED) is 0.416. The van der Waals surface area contributed by atoms with E-state index >= 15 is 0 Å². The van der Waals surface area contributed by atoms with E-state index in [0.717, 1.165) is 0 Å². The molecule has 0 aliphatic rings. The summed E-state index contributed by atoms with van der Waals surface area (Å²) < 4.78 is 47.7. The van der Waals surface area contributed by atoms with E-state index in [4.69, 9.17) is 16.3 Å². The second-order valence-electron chi connectivity index (χ2n) is 8.35. The lowest BCUT2D eigenvalue weighted by Crippen LogP contribution is -2.38. The minimum atomic E-state index is -4.52. The van der Waals surface area contributed by atoms with Crippen LogP contribution in [0.15, 0.2) is 61.3 Å². The van der Waals surface area contributed by atoms with Crippen LogP contribution in [0.5, 0.6) is 0 Å². The molecule has 5 nitrogen and oxygen atoms in total. The number of hydrogen-bond acceptors (Lipinski definition) is 3. The third kappa shape index (κ3) is 5.07. The number of rotatable bonds is 5. The number of carbonyl (C=O) groups is 1. The van der Waals surface area contributed by atoms with E-state index in [-0.39, 0.29) is 0 Å². The molecule has 0 saturated heterocycles. The van der Waals surface area contributed by atoms with Crippen LogP contribution in [0.3, 0.4) is 0 Å². The van der Waals surface area contributed by atoms with Crippen LogP contribution >= 0.6 is 11.6 Å². The summed E-state index contributed by atoms with van der Waals surface area (Å²) in [4.78, 5) is 12.2. The third-order valence-corrected chi connectivity index (χ3v) is 5.03. The fourth-order valence-electron chi connectivity index (χ4n) is 3.51. The zero-order chi connectivity index (χ0) is 23.7. The number of ether oxygens (including phenoxy) is 1. The Kier molecular flexibility index (Phi) is 6.29. The van der Waals surface area contributed by atoms with E-state index < -0.39 is 29.8 Å². The number of anilines is 1. The largest absolute Gasteiger partial charge is 0.444 e. The van der Waals surface area contributed by atoms with E-state index in [1.807, 2.05) is 0 Å². The van der Waals surface area contributed by atoms with Crippen LogP contribution in [0, 0.1) is 0 Å². The lowest BCUT2D eigenvalue weighted by atomic mass is 9.86. The van der Waals surface area contributed by atoms with Crippen LogP contribution in [0.4, 0.5) is 23.7 Å². The first kappa shape index (κ1) is 23.7. The van der Waals surface area contributed by atoms with Crippen molar-refractivity contribution in [2.24, 2.45) is 0 Å². The monoisotopic (exact) mass is 465 g/mol. The summed E-state index contributed by atoms with van der Waals surface area (Å²) in [5, 5.41) is 7.78. The van der Waals surface area contributed by atoms with Gasteiger partial charge in [-0.3, -0.25) is 10.00 Å². The summed E-state index contributed by atoms with van der Waals surface area (Å²) >= 11 is 5.95. The molecule has 0 bridgehead atoms. The molecule has 0 fully saturated rings. The van der Waals surface area contributed by atoms with Crippen LogP contribution in [0.25, 0.3) is 10.9 Å². The Labute approximate surface area is 188 Å². The van der Waals surface area contributed by atoms with Gasteiger partial charge in [-0.25, -0.2) is 4.79 Å². The van der Waals surface area contributed by atoms with Gasteiger partial charge >= 0.3 is 12.3 Å². The highest BCUT2D eigenvalue weighted by molar-refractivity contribution is 6.30. The number of carbonyl (C=O) groups excluding carboxylic acids is 1. The molecule has 3 aromatic rings.